The summed E-state index contributed by atoms with van der Waals surface area (Å²) in [5, 5.41) is 7.73. The van der Waals surface area contributed by atoms with E-state index in [1.54, 1.807) is 39.6 Å². The Kier molecular flexibility index (Phi) is 3.32. The van der Waals surface area contributed by atoms with Gasteiger partial charge in [0.2, 0.25) is 0 Å². The number of nitrogens with zero attached hydrogens (tertiary/aromatic N) is 3. The minimum atomic E-state index is -0.0318. The number of thiophene rings is 1. The van der Waals surface area contributed by atoms with Crippen LogP contribution in [-0.4, -0.2) is 14.5 Å². The lowest BCUT2D eigenvalue weighted by Gasteiger charge is -2.04. The third-order valence-electron chi connectivity index (χ3n) is 3.38. The van der Waals surface area contributed by atoms with Crippen LogP contribution in [0.4, 0.5) is 0 Å². The first-order valence-corrected chi connectivity index (χ1v) is 8.55. The van der Waals surface area contributed by atoms with Crippen molar-refractivity contribution < 1.29 is 0 Å². The fourth-order valence-electron chi connectivity index (χ4n) is 2.29. The molecule has 108 valence electrons. The fraction of sp³-hybridized carbons (Fsp3) is 0.0625. The molecule has 6 heteroatoms. The van der Waals surface area contributed by atoms with E-state index in [2.05, 4.69) is 21.4 Å². The Morgan fingerprint density at radius 1 is 1.14 bits per heavy atom. The Bertz CT molecular complexity index is 986. The third kappa shape index (κ3) is 2.36. The van der Waals surface area contributed by atoms with Gasteiger partial charge in [-0.25, -0.2) is 9.97 Å². The predicted molar refractivity (Wildman–Crippen MR) is 90.5 cm³/mol. The van der Waals surface area contributed by atoms with Gasteiger partial charge in [0.1, 0.15) is 5.01 Å². The van der Waals surface area contributed by atoms with Gasteiger partial charge in [-0.3, -0.25) is 9.36 Å². The van der Waals surface area contributed by atoms with Gasteiger partial charge >= 0.3 is 0 Å². The molecule has 0 bridgehead atoms. The molecule has 3 aromatic heterocycles. The standard InChI is InChI=1S/C16H11N3OS2/c20-16-13-3-1-2-4-14(13)17-10-19(16)7-12-9-22-15(18-12)11-5-6-21-8-11/h1-6,8-10H,7H2. The van der Waals surface area contributed by atoms with Crippen LogP contribution in [0.3, 0.4) is 0 Å². The average molecular weight is 325 g/mol. The molecule has 0 aliphatic heterocycles. The SMILES string of the molecule is O=c1c2ccccc2ncn1Cc1csc(-c2ccsc2)n1. The van der Waals surface area contributed by atoms with Crippen molar-refractivity contribution in [2.45, 2.75) is 6.54 Å². The van der Waals surface area contributed by atoms with Gasteiger partial charge in [0.15, 0.2) is 0 Å². The number of benzene rings is 1. The van der Waals surface area contributed by atoms with Crippen molar-refractivity contribution in [3.8, 4) is 10.6 Å². The number of aromatic nitrogens is 3. The molecule has 0 fully saturated rings. The maximum absolute atomic E-state index is 12.5. The van der Waals surface area contributed by atoms with Gasteiger partial charge in [-0.05, 0) is 23.6 Å². The second-order valence-electron chi connectivity index (χ2n) is 4.85. The van der Waals surface area contributed by atoms with E-state index in [-0.39, 0.29) is 5.56 Å². The van der Waals surface area contributed by atoms with Crippen molar-refractivity contribution in [1.82, 2.24) is 14.5 Å². The minimum Gasteiger partial charge on any atom is -0.293 e. The zero-order chi connectivity index (χ0) is 14.9. The van der Waals surface area contributed by atoms with Gasteiger partial charge in [-0.2, -0.15) is 11.3 Å². The average Bonchev–Trinajstić information content (AvgIpc) is 3.21. The summed E-state index contributed by atoms with van der Waals surface area (Å²) in [6.07, 6.45) is 1.59. The first-order chi connectivity index (χ1) is 10.8. The van der Waals surface area contributed by atoms with E-state index in [9.17, 15) is 4.79 Å². The lowest BCUT2D eigenvalue weighted by Crippen LogP contribution is -2.21. The van der Waals surface area contributed by atoms with E-state index in [0.29, 0.717) is 11.9 Å². The van der Waals surface area contributed by atoms with E-state index in [4.69, 9.17) is 0 Å². The highest BCUT2D eigenvalue weighted by molar-refractivity contribution is 7.14. The van der Waals surface area contributed by atoms with Crippen LogP contribution < -0.4 is 5.56 Å². The minimum absolute atomic E-state index is 0.0318. The molecule has 0 amide bonds. The summed E-state index contributed by atoms with van der Waals surface area (Å²) in [5.74, 6) is 0. The summed E-state index contributed by atoms with van der Waals surface area (Å²) in [4.78, 5) is 21.4. The van der Waals surface area contributed by atoms with Crippen LogP contribution in [0.1, 0.15) is 5.69 Å². The molecule has 0 saturated carbocycles. The van der Waals surface area contributed by atoms with E-state index >= 15 is 0 Å². The highest BCUT2D eigenvalue weighted by atomic mass is 32.1. The lowest BCUT2D eigenvalue weighted by molar-refractivity contribution is 0.734. The van der Waals surface area contributed by atoms with Gasteiger partial charge < -0.3 is 0 Å². The number of hydrogen-bond donors (Lipinski definition) is 0. The highest BCUT2D eigenvalue weighted by Gasteiger charge is 2.08. The highest BCUT2D eigenvalue weighted by Crippen LogP contribution is 2.25. The Hall–Kier alpha value is -2.31. The molecular formula is C16H11N3OS2. The summed E-state index contributed by atoms with van der Waals surface area (Å²) in [6.45, 7) is 0.442. The zero-order valence-electron chi connectivity index (χ0n) is 11.5. The van der Waals surface area contributed by atoms with Gasteiger partial charge in [0.25, 0.3) is 5.56 Å². The number of hydrogen-bond acceptors (Lipinski definition) is 5. The maximum Gasteiger partial charge on any atom is 0.261 e. The number of fused-ring (bicyclic) bond motifs is 1. The Morgan fingerprint density at radius 2 is 2.05 bits per heavy atom. The maximum atomic E-state index is 12.5. The molecule has 3 heterocycles. The molecule has 0 aliphatic rings. The molecule has 22 heavy (non-hydrogen) atoms. The Labute approximate surface area is 134 Å². The molecule has 0 atom stereocenters. The fourth-order valence-corrected chi connectivity index (χ4v) is 3.81. The number of para-hydroxylation sites is 1. The third-order valence-corrected chi connectivity index (χ3v) is 5.01. The first kappa shape index (κ1) is 13.4. The normalized spacial score (nSPS) is 11.1. The largest absolute Gasteiger partial charge is 0.293 e. The van der Waals surface area contributed by atoms with Gasteiger partial charge in [-0.1, -0.05) is 12.1 Å². The Morgan fingerprint density at radius 3 is 2.91 bits per heavy atom. The van der Waals surface area contributed by atoms with Gasteiger partial charge in [0.05, 0.1) is 29.5 Å². The summed E-state index contributed by atoms with van der Waals surface area (Å²) in [5.41, 5.74) is 2.70. The van der Waals surface area contributed by atoms with Crippen molar-refractivity contribution >= 4 is 33.6 Å². The molecule has 0 spiro atoms. The van der Waals surface area contributed by atoms with Gasteiger partial charge in [-0.15, -0.1) is 11.3 Å². The Balaban J connectivity index is 1.69. The molecule has 1 aromatic carbocycles. The van der Waals surface area contributed by atoms with Crippen molar-refractivity contribution in [2.75, 3.05) is 0 Å². The van der Waals surface area contributed by atoms with Crippen LogP contribution in [0.25, 0.3) is 21.5 Å². The van der Waals surface area contributed by atoms with Crippen LogP contribution >= 0.6 is 22.7 Å². The molecule has 4 nitrogen and oxygen atoms in total. The molecular weight excluding hydrogens is 314 g/mol. The van der Waals surface area contributed by atoms with Gasteiger partial charge in [0, 0.05) is 16.3 Å². The summed E-state index contributed by atoms with van der Waals surface area (Å²) in [6, 6.07) is 9.44. The van der Waals surface area contributed by atoms with Crippen molar-refractivity contribution in [2.24, 2.45) is 0 Å². The second kappa shape index (κ2) is 5.47. The van der Waals surface area contributed by atoms with Crippen LogP contribution in [0.15, 0.2) is 57.6 Å². The molecule has 4 aromatic rings. The predicted octanol–water partition coefficient (Wildman–Crippen LogP) is 3.63. The van der Waals surface area contributed by atoms with Crippen LogP contribution in [-0.2, 0) is 6.54 Å². The van der Waals surface area contributed by atoms with E-state index in [1.165, 1.54) is 0 Å². The number of rotatable bonds is 3. The lowest BCUT2D eigenvalue weighted by atomic mass is 10.2. The second-order valence-corrected chi connectivity index (χ2v) is 6.49. The summed E-state index contributed by atoms with van der Waals surface area (Å²) in [7, 11) is 0. The van der Waals surface area contributed by atoms with Crippen molar-refractivity contribution in [1.29, 1.82) is 0 Å². The number of thiazole rings is 1. The van der Waals surface area contributed by atoms with Crippen molar-refractivity contribution in [3.63, 3.8) is 0 Å². The van der Waals surface area contributed by atoms with E-state index in [1.807, 2.05) is 29.0 Å². The first-order valence-electron chi connectivity index (χ1n) is 6.72. The topological polar surface area (TPSA) is 47.8 Å². The van der Waals surface area contributed by atoms with Crippen LogP contribution in [0, 0.1) is 0 Å². The van der Waals surface area contributed by atoms with Crippen LogP contribution in [0.5, 0.6) is 0 Å². The summed E-state index contributed by atoms with van der Waals surface area (Å²) < 4.78 is 1.61. The quantitative estimate of drug-likeness (QED) is 0.578. The molecule has 4 rings (SSSR count). The molecule has 0 N–H and O–H groups in total. The smallest absolute Gasteiger partial charge is 0.261 e. The zero-order valence-corrected chi connectivity index (χ0v) is 13.1. The van der Waals surface area contributed by atoms with E-state index in [0.717, 1.165) is 21.8 Å². The van der Waals surface area contributed by atoms with Crippen molar-refractivity contribution in [3.05, 3.63) is 68.8 Å². The molecule has 0 unspecified atom stereocenters. The molecule has 0 saturated heterocycles. The molecule has 0 aliphatic carbocycles. The van der Waals surface area contributed by atoms with E-state index < -0.39 is 0 Å². The monoisotopic (exact) mass is 325 g/mol. The van der Waals surface area contributed by atoms with Crippen LogP contribution in [0.2, 0.25) is 0 Å². The summed E-state index contributed by atoms with van der Waals surface area (Å²) >= 11 is 3.25. The molecule has 0 radical (unpaired) electrons.